The molecule has 5 heteroatoms. The number of nitrogens with zero attached hydrogens (tertiary/aromatic N) is 1. The maximum atomic E-state index is 12.6. The van der Waals surface area contributed by atoms with Gasteiger partial charge in [0.15, 0.2) is 0 Å². The molecule has 2 aromatic rings. The lowest BCUT2D eigenvalue weighted by atomic mass is 10.1. The molecule has 0 bridgehead atoms. The molecular weight excluding hydrogens is 241 g/mol. The molecule has 0 spiro atoms. The summed E-state index contributed by atoms with van der Waals surface area (Å²) in [6.45, 7) is 3.90. The van der Waals surface area contributed by atoms with Gasteiger partial charge in [-0.15, -0.1) is 0 Å². The van der Waals surface area contributed by atoms with E-state index in [9.17, 15) is 13.2 Å². The van der Waals surface area contributed by atoms with Crippen molar-refractivity contribution in [2.45, 2.75) is 26.1 Å². The van der Waals surface area contributed by atoms with Crippen molar-refractivity contribution in [1.82, 2.24) is 4.98 Å². The highest BCUT2D eigenvalue weighted by Gasteiger charge is 2.30. The van der Waals surface area contributed by atoms with Crippen LogP contribution >= 0.6 is 0 Å². The molecule has 1 aromatic carbocycles. The van der Waals surface area contributed by atoms with Gasteiger partial charge in [-0.05, 0) is 37.4 Å². The largest absolute Gasteiger partial charge is 0.416 e. The van der Waals surface area contributed by atoms with Crippen LogP contribution in [0.25, 0.3) is 10.8 Å². The maximum Gasteiger partial charge on any atom is 0.416 e. The van der Waals surface area contributed by atoms with Crippen molar-refractivity contribution >= 4 is 16.6 Å². The number of nitrogens with one attached hydrogen (secondary N) is 1. The Morgan fingerprint density at radius 3 is 2.50 bits per heavy atom. The van der Waals surface area contributed by atoms with Crippen molar-refractivity contribution < 1.29 is 13.2 Å². The van der Waals surface area contributed by atoms with Crippen LogP contribution in [0, 0.1) is 0 Å². The van der Waals surface area contributed by atoms with Crippen LogP contribution in [0.15, 0.2) is 30.5 Å². The Labute approximate surface area is 103 Å². The highest BCUT2D eigenvalue weighted by atomic mass is 19.4. The number of anilines is 1. The molecule has 0 atom stereocenters. The molecule has 0 aliphatic heterocycles. The molecule has 2 nitrogen and oxygen atoms in total. The van der Waals surface area contributed by atoms with Gasteiger partial charge in [0.1, 0.15) is 5.82 Å². The first-order valence-corrected chi connectivity index (χ1v) is 5.60. The summed E-state index contributed by atoms with van der Waals surface area (Å²) < 4.78 is 37.8. The van der Waals surface area contributed by atoms with Crippen molar-refractivity contribution in [1.29, 1.82) is 0 Å². The second kappa shape index (κ2) is 4.48. The van der Waals surface area contributed by atoms with Gasteiger partial charge in [-0.1, -0.05) is 6.07 Å². The Morgan fingerprint density at radius 1 is 1.17 bits per heavy atom. The molecule has 1 aromatic heterocycles. The van der Waals surface area contributed by atoms with Crippen molar-refractivity contribution in [3.8, 4) is 0 Å². The minimum Gasteiger partial charge on any atom is -0.367 e. The van der Waals surface area contributed by atoms with Crippen LogP contribution < -0.4 is 5.32 Å². The van der Waals surface area contributed by atoms with Crippen molar-refractivity contribution in [2.75, 3.05) is 5.32 Å². The van der Waals surface area contributed by atoms with Crippen molar-refractivity contribution in [3.05, 3.63) is 36.0 Å². The minimum atomic E-state index is -4.32. The van der Waals surface area contributed by atoms with Gasteiger partial charge in [-0.3, -0.25) is 0 Å². The fourth-order valence-electron chi connectivity index (χ4n) is 1.74. The van der Waals surface area contributed by atoms with Crippen molar-refractivity contribution in [3.63, 3.8) is 0 Å². The Kier molecular flexibility index (Phi) is 3.15. The first-order chi connectivity index (χ1) is 8.38. The van der Waals surface area contributed by atoms with Crippen LogP contribution in [0.2, 0.25) is 0 Å². The molecular formula is C13H13F3N2. The number of hydrogen-bond acceptors (Lipinski definition) is 2. The number of halogens is 3. The lowest BCUT2D eigenvalue weighted by molar-refractivity contribution is -0.137. The molecule has 0 fully saturated rings. The Balaban J connectivity index is 2.53. The summed E-state index contributed by atoms with van der Waals surface area (Å²) in [5.74, 6) is 0.608. The van der Waals surface area contributed by atoms with Crippen LogP contribution in [-0.4, -0.2) is 11.0 Å². The summed E-state index contributed by atoms with van der Waals surface area (Å²) in [4.78, 5) is 4.15. The van der Waals surface area contributed by atoms with E-state index in [1.54, 1.807) is 6.07 Å². The number of benzene rings is 1. The normalized spacial score (nSPS) is 12.1. The van der Waals surface area contributed by atoms with Gasteiger partial charge in [-0.25, -0.2) is 4.98 Å². The first-order valence-electron chi connectivity index (χ1n) is 5.60. The molecule has 0 saturated heterocycles. The number of hydrogen-bond donors (Lipinski definition) is 1. The SMILES string of the molecule is CC(C)Nc1nccc2cc(C(F)(F)F)ccc12. The van der Waals surface area contributed by atoms with Gasteiger partial charge in [0, 0.05) is 17.6 Å². The van der Waals surface area contributed by atoms with Crippen LogP contribution in [0.5, 0.6) is 0 Å². The van der Waals surface area contributed by atoms with E-state index in [1.165, 1.54) is 12.3 Å². The van der Waals surface area contributed by atoms with E-state index in [0.717, 1.165) is 12.1 Å². The van der Waals surface area contributed by atoms with Gasteiger partial charge in [0.2, 0.25) is 0 Å². The number of alkyl halides is 3. The van der Waals surface area contributed by atoms with Gasteiger partial charge in [0.25, 0.3) is 0 Å². The number of pyridine rings is 1. The topological polar surface area (TPSA) is 24.9 Å². The molecule has 0 unspecified atom stereocenters. The summed E-state index contributed by atoms with van der Waals surface area (Å²) >= 11 is 0. The molecule has 1 N–H and O–H groups in total. The second-order valence-electron chi connectivity index (χ2n) is 4.39. The lowest BCUT2D eigenvalue weighted by Crippen LogP contribution is -2.11. The minimum absolute atomic E-state index is 0.172. The Bertz CT molecular complexity index is 562. The highest BCUT2D eigenvalue weighted by Crippen LogP contribution is 2.32. The third-order valence-electron chi connectivity index (χ3n) is 2.52. The van der Waals surface area contributed by atoms with Gasteiger partial charge in [-0.2, -0.15) is 13.2 Å². The molecule has 0 aliphatic carbocycles. The average molecular weight is 254 g/mol. The van der Waals surface area contributed by atoms with E-state index >= 15 is 0 Å². The highest BCUT2D eigenvalue weighted by molar-refractivity contribution is 5.92. The summed E-state index contributed by atoms with van der Waals surface area (Å²) in [5, 5.41) is 4.34. The van der Waals surface area contributed by atoms with Crippen LogP contribution in [0.3, 0.4) is 0 Å². The summed E-state index contributed by atoms with van der Waals surface area (Å²) in [5.41, 5.74) is -0.642. The summed E-state index contributed by atoms with van der Waals surface area (Å²) in [7, 11) is 0. The molecule has 0 amide bonds. The number of rotatable bonds is 2. The quantitative estimate of drug-likeness (QED) is 0.873. The van der Waals surface area contributed by atoms with E-state index in [1.807, 2.05) is 13.8 Å². The third-order valence-corrected chi connectivity index (χ3v) is 2.52. The summed E-state index contributed by atoms with van der Waals surface area (Å²) in [6.07, 6.45) is -2.81. The standard InChI is InChI=1S/C13H13F3N2/c1-8(2)18-12-11-4-3-10(13(14,15)16)7-9(11)5-6-17-12/h3-8H,1-2H3,(H,17,18). The zero-order chi connectivity index (χ0) is 13.3. The predicted molar refractivity (Wildman–Crippen MR) is 65.5 cm³/mol. The molecule has 0 radical (unpaired) electrons. The number of fused-ring (bicyclic) bond motifs is 1. The van der Waals surface area contributed by atoms with Crippen LogP contribution in [0.1, 0.15) is 19.4 Å². The van der Waals surface area contributed by atoms with E-state index in [4.69, 9.17) is 0 Å². The van der Waals surface area contributed by atoms with Crippen LogP contribution in [-0.2, 0) is 6.18 Å². The molecule has 96 valence electrons. The van der Waals surface area contributed by atoms with Crippen molar-refractivity contribution in [2.24, 2.45) is 0 Å². The molecule has 18 heavy (non-hydrogen) atoms. The third kappa shape index (κ3) is 2.55. The predicted octanol–water partition coefficient (Wildman–Crippen LogP) is 4.07. The zero-order valence-electron chi connectivity index (χ0n) is 10.0. The maximum absolute atomic E-state index is 12.6. The number of aromatic nitrogens is 1. The zero-order valence-corrected chi connectivity index (χ0v) is 10.0. The Hall–Kier alpha value is -1.78. The fourth-order valence-corrected chi connectivity index (χ4v) is 1.74. The second-order valence-corrected chi connectivity index (χ2v) is 4.39. The molecule has 1 heterocycles. The van der Waals surface area contributed by atoms with E-state index in [2.05, 4.69) is 10.3 Å². The van der Waals surface area contributed by atoms with Gasteiger partial charge < -0.3 is 5.32 Å². The van der Waals surface area contributed by atoms with E-state index < -0.39 is 11.7 Å². The fraction of sp³-hybridized carbons (Fsp3) is 0.308. The molecule has 0 aliphatic rings. The monoisotopic (exact) mass is 254 g/mol. The first kappa shape index (κ1) is 12.7. The van der Waals surface area contributed by atoms with E-state index in [0.29, 0.717) is 16.6 Å². The average Bonchev–Trinajstić information content (AvgIpc) is 2.27. The van der Waals surface area contributed by atoms with Gasteiger partial charge >= 0.3 is 6.18 Å². The molecule has 2 rings (SSSR count). The lowest BCUT2D eigenvalue weighted by Gasteiger charge is -2.13. The molecule has 0 saturated carbocycles. The van der Waals surface area contributed by atoms with Gasteiger partial charge in [0.05, 0.1) is 5.56 Å². The van der Waals surface area contributed by atoms with E-state index in [-0.39, 0.29) is 6.04 Å². The Morgan fingerprint density at radius 2 is 1.89 bits per heavy atom. The summed E-state index contributed by atoms with van der Waals surface area (Å²) in [6, 6.07) is 5.43. The van der Waals surface area contributed by atoms with Crippen LogP contribution in [0.4, 0.5) is 19.0 Å². The smallest absolute Gasteiger partial charge is 0.367 e.